The van der Waals surface area contributed by atoms with Crippen LogP contribution >= 0.6 is 0 Å². The highest BCUT2D eigenvalue weighted by Gasteiger charge is 2.19. The summed E-state index contributed by atoms with van der Waals surface area (Å²) in [5.74, 6) is 0.833. The van der Waals surface area contributed by atoms with E-state index in [4.69, 9.17) is 10.7 Å². The molecule has 1 aliphatic rings. The molecule has 0 aliphatic carbocycles. The van der Waals surface area contributed by atoms with Crippen LogP contribution in [0.5, 0.6) is 0 Å². The first-order valence-electron chi connectivity index (χ1n) is 7.62. The lowest BCUT2D eigenvalue weighted by Crippen LogP contribution is -2.33. The Morgan fingerprint density at radius 2 is 2.15 bits per heavy atom. The van der Waals surface area contributed by atoms with E-state index in [1.807, 2.05) is 0 Å². The van der Waals surface area contributed by atoms with Crippen LogP contribution in [0.2, 0.25) is 0 Å². The molecule has 4 nitrogen and oxygen atoms in total. The minimum Gasteiger partial charge on any atom is -0.330 e. The number of piperidine rings is 1. The van der Waals surface area contributed by atoms with Crippen molar-refractivity contribution in [2.45, 2.75) is 32.7 Å². The fourth-order valence-corrected chi connectivity index (χ4v) is 3.18. The number of nitrogens with two attached hydrogens (primary N) is 1. The Balaban J connectivity index is 1.64. The van der Waals surface area contributed by atoms with Crippen molar-refractivity contribution in [3.05, 3.63) is 35.8 Å². The Labute approximate surface area is 120 Å². The first kappa shape index (κ1) is 13.6. The number of pyridine rings is 1. The van der Waals surface area contributed by atoms with E-state index in [0.717, 1.165) is 24.7 Å². The molecule has 0 amide bonds. The van der Waals surface area contributed by atoms with Crippen LogP contribution in [0.1, 0.15) is 30.5 Å². The summed E-state index contributed by atoms with van der Waals surface area (Å²) in [6, 6.07) is 4.19. The van der Waals surface area contributed by atoms with Crippen LogP contribution in [0.4, 0.5) is 0 Å². The molecule has 0 spiro atoms. The molecule has 0 bridgehead atoms. The van der Waals surface area contributed by atoms with Gasteiger partial charge in [0, 0.05) is 18.9 Å². The van der Waals surface area contributed by atoms with Crippen molar-refractivity contribution in [2.24, 2.45) is 11.7 Å². The van der Waals surface area contributed by atoms with Gasteiger partial charge in [0.2, 0.25) is 0 Å². The zero-order valence-corrected chi connectivity index (χ0v) is 12.3. The highest BCUT2D eigenvalue weighted by atomic mass is 15.1. The molecule has 0 radical (unpaired) electrons. The van der Waals surface area contributed by atoms with Gasteiger partial charge in [0.05, 0.1) is 5.69 Å². The number of fused-ring (bicyclic) bond motifs is 1. The highest BCUT2D eigenvalue weighted by Crippen LogP contribution is 2.21. The molecule has 1 aliphatic heterocycles. The monoisotopic (exact) mass is 272 g/mol. The van der Waals surface area contributed by atoms with Gasteiger partial charge in [-0.05, 0) is 63.4 Å². The Kier molecular flexibility index (Phi) is 4.03. The molecule has 0 atom stereocenters. The number of hydrogen-bond donors (Lipinski definition) is 1. The number of likely N-dealkylation sites (tertiary alicyclic amines) is 1. The van der Waals surface area contributed by atoms with Crippen LogP contribution in [-0.4, -0.2) is 33.9 Å². The predicted molar refractivity (Wildman–Crippen MR) is 81.6 cm³/mol. The van der Waals surface area contributed by atoms with Gasteiger partial charge in [-0.15, -0.1) is 0 Å². The van der Waals surface area contributed by atoms with E-state index in [-0.39, 0.29) is 0 Å². The van der Waals surface area contributed by atoms with E-state index in [0.29, 0.717) is 0 Å². The van der Waals surface area contributed by atoms with E-state index in [1.165, 1.54) is 43.6 Å². The second-order valence-electron chi connectivity index (χ2n) is 5.95. The summed E-state index contributed by atoms with van der Waals surface area (Å²) in [5, 5.41) is 0. The molecule has 0 aromatic carbocycles. The summed E-state index contributed by atoms with van der Waals surface area (Å²) < 4.78 is 2.13. The minimum atomic E-state index is 0.830. The number of aryl methyl sites for hydroxylation is 1. The maximum Gasteiger partial charge on any atom is 0.139 e. The van der Waals surface area contributed by atoms with Crippen molar-refractivity contribution >= 4 is 5.65 Å². The normalized spacial score (nSPS) is 17.9. The molecule has 2 aromatic rings. The summed E-state index contributed by atoms with van der Waals surface area (Å²) in [4.78, 5) is 7.28. The fourth-order valence-electron chi connectivity index (χ4n) is 3.18. The summed E-state index contributed by atoms with van der Waals surface area (Å²) >= 11 is 0. The second kappa shape index (κ2) is 5.94. The number of hydrogen-bond acceptors (Lipinski definition) is 3. The molecular formula is C16H24N4. The van der Waals surface area contributed by atoms with Crippen LogP contribution in [-0.2, 0) is 6.54 Å². The van der Waals surface area contributed by atoms with Gasteiger partial charge in [0.25, 0.3) is 0 Å². The lowest BCUT2D eigenvalue weighted by molar-refractivity contribution is 0.172. The van der Waals surface area contributed by atoms with Gasteiger partial charge < -0.3 is 10.1 Å². The van der Waals surface area contributed by atoms with E-state index in [1.54, 1.807) is 0 Å². The molecule has 20 heavy (non-hydrogen) atoms. The van der Waals surface area contributed by atoms with Crippen LogP contribution in [0.25, 0.3) is 5.65 Å². The lowest BCUT2D eigenvalue weighted by Gasteiger charge is -2.31. The topological polar surface area (TPSA) is 46.6 Å². The molecule has 3 rings (SSSR count). The van der Waals surface area contributed by atoms with Gasteiger partial charge in [-0.3, -0.25) is 4.90 Å². The van der Waals surface area contributed by atoms with Crippen molar-refractivity contribution in [3.63, 3.8) is 0 Å². The zero-order chi connectivity index (χ0) is 13.9. The van der Waals surface area contributed by atoms with E-state index in [9.17, 15) is 0 Å². The number of nitrogens with zero attached hydrogens (tertiary/aromatic N) is 3. The van der Waals surface area contributed by atoms with Crippen molar-refractivity contribution in [1.82, 2.24) is 14.3 Å². The Morgan fingerprint density at radius 3 is 2.85 bits per heavy atom. The first-order chi connectivity index (χ1) is 9.76. The third-order valence-corrected chi connectivity index (χ3v) is 4.40. The molecule has 1 fully saturated rings. The second-order valence-corrected chi connectivity index (χ2v) is 5.95. The first-order valence-corrected chi connectivity index (χ1v) is 7.62. The molecular weight excluding hydrogens is 248 g/mol. The van der Waals surface area contributed by atoms with Gasteiger partial charge in [0.1, 0.15) is 5.65 Å². The average molecular weight is 272 g/mol. The standard InChI is InChI=1S/C16H24N4/c1-13-3-2-8-20-12-15(18-16(13)20)11-19-9-5-14(4-7-17)6-10-19/h2-3,8,12,14H,4-7,9-11,17H2,1H3. The summed E-state index contributed by atoms with van der Waals surface area (Å²) in [5.41, 5.74) is 9.15. The van der Waals surface area contributed by atoms with Crippen molar-refractivity contribution in [3.8, 4) is 0 Å². The maximum absolute atomic E-state index is 5.65. The van der Waals surface area contributed by atoms with Gasteiger partial charge in [-0.1, -0.05) is 6.07 Å². The van der Waals surface area contributed by atoms with Crippen molar-refractivity contribution < 1.29 is 0 Å². The van der Waals surface area contributed by atoms with Crippen LogP contribution in [0, 0.1) is 12.8 Å². The van der Waals surface area contributed by atoms with Gasteiger partial charge >= 0.3 is 0 Å². The molecule has 3 heterocycles. The molecule has 2 N–H and O–H groups in total. The number of rotatable bonds is 4. The molecule has 0 saturated carbocycles. The molecule has 4 heteroatoms. The summed E-state index contributed by atoms with van der Waals surface area (Å²) in [7, 11) is 0. The highest BCUT2D eigenvalue weighted by molar-refractivity contribution is 5.47. The summed E-state index contributed by atoms with van der Waals surface area (Å²) in [6.45, 7) is 6.27. The van der Waals surface area contributed by atoms with Crippen molar-refractivity contribution in [1.29, 1.82) is 0 Å². The summed E-state index contributed by atoms with van der Waals surface area (Å²) in [6.07, 6.45) is 7.98. The van der Waals surface area contributed by atoms with Gasteiger partial charge in [0.15, 0.2) is 0 Å². The molecule has 0 unspecified atom stereocenters. The minimum absolute atomic E-state index is 0.830. The largest absolute Gasteiger partial charge is 0.330 e. The van der Waals surface area contributed by atoms with Crippen molar-refractivity contribution in [2.75, 3.05) is 19.6 Å². The SMILES string of the molecule is Cc1cccn2cc(CN3CCC(CCN)CC3)nc12. The third kappa shape index (κ3) is 2.86. The Morgan fingerprint density at radius 1 is 1.35 bits per heavy atom. The van der Waals surface area contributed by atoms with Gasteiger partial charge in [-0.2, -0.15) is 0 Å². The zero-order valence-electron chi connectivity index (χ0n) is 12.3. The van der Waals surface area contributed by atoms with E-state index < -0.39 is 0 Å². The average Bonchev–Trinajstić information content (AvgIpc) is 2.85. The van der Waals surface area contributed by atoms with Crippen LogP contribution < -0.4 is 5.73 Å². The maximum atomic E-state index is 5.65. The van der Waals surface area contributed by atoms with Gasteiger partial charge in [-0.25, -0.2) is 4.98 Å². The molecule has 108 valence electrons. The molecule has 1 saturated heterocycles. The Hall–Kier alpha value is -1.39. The van der Waals surface area contributed by atoms with E-state index >= 15 is 0 Å². The predicted octanol–water partition coefficient (Wildman–Crippen LogP) is 2.20. The number of imidazole rings is 1. The Bertz CT molecular complexity index is 567. The smallest absolute Gasteiger partial charge is 0.139 e. The van der Waals surface area contributed by atoms with E-state index in [2.05, 4.69) is 40.8 Å². The number of aromatic nitrogens is 2. The van der Waals surface area contributed by atoms with Crippen LogP contribution in [0.15, 0.2) is 24.5 Å². The third-order valence-electron chi connectivity index (χ3n) is 4.40. The van der Waals surface area contributed by atoms with Crippen LogP contribution in [0.3, 0.4) is 0 Å². The molecule has 2 aromatic heterocycles. The lowest BCUT2D eigenvalue weighted by atomic mass is 9.93. The fraction of sp³-hybridized carbons (Fsp3) is 0.562. The quantitative estimate of drug-likeness (QED) is 0.928.